The molecule has 2 rings (SSSR count). The van der Waals surface area contributed by atoms with Crippen molar-refractivity contribution < 1.29 is 9.13 Å². The summed E-state index contributed by atoms with van der Waals surface area (Å²) < 4.78 is 18.6. The Balaban J connectivity index is 2.18. The van der Waals surface area contributed by atoms with Crippen molar-refractivity contribution in [1.82, 2.24) is 9.97 Å². The molecule has 2 heterocycles. The Kier molecular flexibility index (Phi) is 2.49. The van der Waals surface area contributed by atoms with Gasteiger partial charge in [-0.1, -0.05) is 0 Å². The van der Waals surface area contributed by atoms with Gasteiger partial charge in [0.1, 0.15) is 18.1 Å². The highest BCUT2D eigenvalue weighted by Crippen LogP contribution is 2.27. The van der Waals surface area contributed by atoms with E-state index in [0.29, 0.717) is 12.3 Å². The van der Waals surface area contributed by atoms with Gasteiger partial charge in [-0.15, -0.1) is 0 Å². The largest absolute Gasteiger partial charge is 0.372 e. The second kappa shape index (κ2) is 3.79. The van der Waals surface area contributed by atoms with Crippen LogP contribution in [-0.4, -0.2) is 16.6 Å². The minimum absolute atomic E-state index is 0.170. The summed E-state index contributed by atoms with van der Waals surface area (Å²) in [6.07, 6.45) is 5.36. The monoisotopic (exact) mass is 182 g/mol. The van der Waals surface area contributed by atoms with Crippen LogP contribution in [0.15, 0.2) is 12.5 Å². The van der Waals surface area contributed by atoms with Gasteiger partial charge in [-0.2, -0.15) is 0 Å². The van der Waals surface area contributed by atoms with E-state index in [2.05, 4.69) is 9.97 Å². The van der Waals surface area contributed by atoms with Crippen molar-refractivity contribution in [3.63, 3.8) is 0 Å². The minimum Gasteiger partial charge on any atom is -0.372 e. The van der Waals surface area contributed by atoms with Crippen molar-refractivity contribution in [3.8, 4) is 0 Å². The zero-order valence-electron chi connectivity index (χ0n) is 7.24. The maximum absolute atomic E-state index is 13.2. The Hall–Kier alpha value is -1.03. The van der Waals surface area contributed by atoms with Gasteiger partial charge in [0, 0.05) is 6.61 Å². The smallest absolute Gasteiger partial charge is 0.165 e. The fourth-order valence-corrected chi connectivity index (χ4v) is 1.52. The van der Waals surface area contributed by atoms with Crippen LogP contribution in [0, 0.1) is 5.82 Å². The summed E-state index contributed by atoms with van der Waals surface area (Å²) in [5.41, 5.74) is 0.398. The summed E-state index contributed by atoms with van der Waals surface area (Å²) in [7, 11) is 0. The molecule has 0 bridgehead atoms. The number of hydrogen-bond acceptors (Lipinski definition) is 3. The molecule has 1 aliphatic heterocycles. The van der Waals surface area contributed by atoms with Crippen molar-refractivity contribution in [2.75, 3.05) is 6.61 Å². The van der Waals surface area contributed by atoms with E-state index < -0.39 is 0 Å². The van der Waals surface area contributed by atoms with Gasteiger partial charge in [0.05, 0.1) is 6.20 Å². The molecule has 1 unspecified atom stereocenters. The number of halogens is 1. The van der Waals surface area contributed by atoms with Crippen molar-refractivity contribution in [3.05, 3.63) is 24.0 Å². The van der Waals surface area contributed by atoms with Crippen molar-refractivity contribution in [2.24, 2.45) is 0 Å². The van der Waals surface area contributed by atoms with E-state index in [-0.39, 0.29) is 11.9 Å². The molecule has 0 N–H and O–H groups in total. The van der Waals surface area contributed by atoms with E-state index in [1.165, 1.54) is 12.5 Å². The van der Waals surface area contributed by atoms with E-state index in [9.17, 15) is 4.39 Å². The maximum atomic E-state index is 13.2. The Bertz CT molecular complexity index is 287. The van der Waals surface area contributed by atoms with Gasteiger partial charge in [0.15, 0.2) is 5.82 Å². The zero-order chi connectivity index (χ0) is 9.10. The first-order chi connectivity index (χ1) is 6.38. The molecule has 13 heavy (non-hydrogen) atoms. The summed E-state index contributed by atoms with van der Waals surface area (Å²) in [6, 6.07) is 0. The SMILES string of the molecule is Fc1cncnc1C1CCCCO1. The van der Waals surface area contributed by atoms with Gasteiger partial charge in [-0.3, -0.25) is 0 Å². The molecule has 1 saturated heterocycles. The molecule has 0 radical (unpaired) electrons. The second-order valence-corrected chi connectivity index (χ2v) is 3.11. The Morgan fingerprint density at radius 1 is 1.46 bits per heavy atom. The Morgan fingerprint density at radius 3 is 3.08 bits per heavy atom. The molecule has 0 aliphatic carbocycles. The van der Waals surface area contributed by atoms with Crippen LogP contribution < -0.4 is 0 Å². The van der Waals surface area contributed by atoms with Crippen molar-refractivity contribution >= 4 is 0 Å². The Labute approximate surface area is 76.0 Å². The van der Waals surface area contributed by atoms with E-state index in [4.69, 9.17) is 4.74 Å². The minimum atomic E-state index is -0.366. The van der Waals surface area contributed by atoms with Crippen LogP contribution in [0.1, 0.15) is 31.1 Å². The van der Waals surface area contributed by atoms with Crippen LogP contribution in [0.2, 0.25) is 0 Å². The van der Waals surface area contributed by atoms with Crippen LogP contribution in [0.5, 0.6) is 0 Å². The van der Waals surface area contributed by atoms with Crippen molar-refractivity contribution in [1.29, 1.82) is 0 Å². The lowest BCUT2D eigenvalue weighted by Crippen LogP contribution is -2.14. The van der Waals surface area contributed by atoms with Gasteiger partial charge < -0.3 is 4.74 Å². The van der Waals surface area contributed by atoms with Gasteiger partial charge in [0.2, 0.25) is 0 Å². The topological polar surface area (TPSA) is 35.0 Å². The third-order valence-corrected chi connectivity index (χ3v) is 2.18. The molecule has 3 nitrogen and oxygen atoms in total. The lowest BCUT2D eigenvalue weighted by Gasteiger charge is -2.21. The quantitative estimate of drug-likeness (QED) is 0.664. The highest BCUT2D eigenvalue weighted by molar-refractivity contribution is 5.06. The fraction of sp³-hybridized carbons (Fsp3) is 0.556. The summed E-state index contributed by atoms with van der Waals surface area (Å²) in [6.45, 7) is 0.702. The number of ether oxygens (including phenoxy) is 1. The summed E-state index contributed by atoms with van der Waals surface area (Å²) in [5.74, 6) is -0.366. The van der Waals surface area contributed by atoms with E-state index in [0.717, 1.165) is 19.3 Å². The van der Waals surface area contributed by atoms with Gasteiger partial charge in [-0.05, 0) is 19.3 Å². The van der Waals surface area contributed by atoms with Gasteiger partial charge >= 0.3 is 0 Å². The molecular weight excluding hydrogens is 171 g/mol. The molecule has 0 spiro atoms. The molecule has 1 aromatic heterocycles. The lowest BCUT2D eigenvalue weighted by atomic mass is 10.1. The molecule has 4 heteroatoms. The molecular formula is C9H11FN2O. The van der Waals surface area contributed by atoms with Crippen LogP contribution in [0.4, 0.5) is 4.39 Å². The first kappa shape index (κ1) is 8.56. The lowest BCUT2D eigenvalue weighted by molar-refractivity contribution is 0.00988. The third kappa shape index (κ3) is 1.83. The molecule has 70 valence electrons. The van der Waals surface area contributed by atoms with Gasteiger partial charge in [-0.25, -0.2) is 14.4 Å². The molecule has 0 aromatic carbocycles. The van der Waals surface area contributed by atoms with Crippen LogP contribution >= 0.6 is 0 Å². The number of aromatic nitrogens is 2. The average molecular weight is 182 g/mol. The molecule has 1 aromatic rings. The first-order valence-corrected chi connectivity index (χ1v) is 4.45. The Morgan fingerprint density at radius 2 is 2.38 bits per heavy atom. The molecule has 1 aliphatic rings. The third-order valence-electron chi connectivity index (χ3n) is 2.18. The number of rotatable bonds is 1. The zero-order valence-corrected chi connectivity index (χ0v) is 7.24. The van der Waals surface area contributed by atoms with Crippen LogP contribution in [0.3, 0.4) is 0 Å². The number of nitrogens with zero attached hydrogens (tertiary/aromatic N) is 2. The predicted molar refractivity (Wildman–Crippen MR) is 44.5 cm³/mol. The average Bonchev–Trinajstić information content (AvgIpc) is 2.20. The first-order valence-electron chi connectivity index (χ1n) is 4.45. The highest BCUT2D eigenvalue weighted by atomic mass is 19.1. The molecule has 1 atom stereocenters. The van der Waals surface area contributed by atoms with Gasteiger partial charge in [0.25, 0.3) is 0 Å². The molecule has 0 saturated carbocycles. The summed E-state index contributed by atoms with van der Waals surface area (Å²) >= 11 is 0. The van der Waals surface area contributed by atoms with E-state index >= 15 is 0 Å². The fourth-order valence-electron chi connectivity index (χ4n) is 1.52. The van der Waals surface area contributed by atoms with E-state index in [1.807, 2.05) is 0 Å². The highest BCUT2D eigenvalue weighted by Gasteiger charge is 2.20. The predicted octanol–water partition coefficient (Wildman–Crippen LogP) is 1.86. The standard InChI is InChI=1S/C9H11FN2O/c10-7-5-11-6-12-9(7)8-3-1-2-4-13-8/h5-6,8H,1-4H2. The second-order valence-electron chi connectivity index (χ2n) is 3.11. The van der Waals surface area contributed by atoms with Crippen molar-refractivity contribution in [2.45, 2.75) is 25.4 Å². The normalized spacial score (nSPS) is 23.0. The number of hydrogen-bond donors (Lipinski definition) is 0. The summed E-state index contributed by atoms with van der Waals surface area (Å²) in [4.78, 5) is 7.49. The molecule has 0 amide bonds. The van der Waals surface area contributed by atoms with Crippen LogP contribution in [-0.2, 0) is 4.74 Å². The van der Waals surface area contributed by atoms with Crippen LogP contribution in [0.25, 0.3) is 0 Å². The summed E-state index contributed by atoms with van der Waals surface area (Å²) in [5, 5.41) is 0. The van der Waals surface area contributed by atoms with E-state index in [1.54, 1.807) is 0 Å². The molecule has 1 fully saturated rings. The maximum Gasteiger partial charge on any atom is 0.165 e.